The largest absolute Gasteiger partial charge is 0.370 e. The van der Waals surface area contributed by atoms with Crippen molar-refractivity contribution in [3.05, 3.63) is 24.4 Å². The van der Waals surface area contributed by atoms with Crippen molar-refractivity contribution in [1.29, 1.82) is 0 Å². The van der Waals surface area contributed by atoms with Crippen molar-refractivity contribution < 1.29 is 0 Å². The predicted molar refractivity (Wildman–Crippen MR) is 77.9 cm³/mol. The van der Waals surface area contributed by atoms with E-state index in [1.165, 1.54) is 25.7 Å². The maximum Gasteiger partial charge on any atom is 0.125 e. The first-order valence-corrected chi connectivity index (χ1v) is 7.96. The Morgan fingerprint density at radius 3 is 2.32 bits per heavy atom. The Kier molecular flexibility index (Phi) is 2.78. The van der Waals surface area contributed by atoms with E-state index >= 15 is 0 Å². The van der Waals surface area contributed by atoms with Gasteiger partial charge in [-0.25, -0.2) is 4.98 Å². The average molecular weight is 256 g/mol. The van der Waals surface area contributed by atoms with Crippen molar-refractivity contribution in [3.63, 3.8) is 0 Å². The highest BCUT2D eigenvalue weighted by atomic mass is 15.0. The van der Waals surface area contributed by atoms with Gasteiger partial charge in [-0.15, -0.1) is 0 Å². The fourth-order valence-electron chi connectivity index (χ4n) is 5.52. The Morgan fingerprint density at radius 1 is 1.05 bits per heavy atom. The van der Waals surface area contributed by atoms with Gasteiger partial charge in [0.1, 0.15) is 5.82 Å². The van der Waals surface area contributed by atoms with Crippen LogP contribution in [0.2, 0.25) is 0 Å². The zero-order chi connectivity index (χ0) is 12.7. The minimum Gasteiger partial charge on any atom is -0.370 e. The maximum atomic E-state index is 4.35. The number of hydrogen-bond donors (Lipinski definition) is 1. The highest BCUT2D eigenvalue weighted by Gasteiger charge is 2.50. The number of nitrogens with zero attached hydrogens (tertiary/aromatic N) is 1. The molecule has 0 amide bonds. The lowest BCUT2D eigenvalue weighted by Gasteiger charge is -2.57. The van der Waals surface area contributed by atoms with Gasteiger partial charge in [-0.2, -0.15) is 0 Å². The number of nitrogens with one attached hydrogen (secondary N) is 1. The van der Waals surface area contributed by atoms with Gasteiger partial charge in [0.15, 0.2) is 0 Å². The second kappa shape index (κ2) is 4.50. The van der Waals surface area contributed by atoms with Gasteiger partial charge >= 0.3 is 0 Å². The van der Waals surface area contributed by atoms with E-state index in [-0.39, 0.29) is 0 Å². The van der Waals surface area contributed by atoms with Crippen LogP contribution in [0.1, 0.15) is 44.9 Å². The monoisotopic (exact) mass is 256 g/mol. The molecule has 4 aliphatic carbocycles. The summed E-state index contributed by atoms with van der Waals surface area (Å²) < 4.78 is 0. The SMILES string of the molecule is c1ccc(NCCC23CC4CC(CC(C4)C2)C3)nc1. The Bertz CT molecular complexity index is 405. The van der Waals surface area contributed by atoms with E-state index in [9.17, 15) is 0 Å². The number of pyridine rings is 1. The molecule has 1 N–H and O–H groups in total. The van der Waals surface area contributed by atoms with Crippen molar-refractivity contribution >= 4 is 5.82 Å². The lowest BCUT2D eigenvalue weighted by atomic mass is 9.49. The molecule has 0 radical (unpaired) electrons. The first kappa shape index (κ1) is 11.7. The van der Waals surface area contributed by atoms with E-state index in [2.05, 4.69) is 22.4 Å². The van der Waals surface area contributed by atoms with Crippen LogP contribution in [0, 0.1) is 23.2 Å². The van der Waals surface area contributed by atoms with Crippen LogP contribution in [-0.2, 0) is 0 Å². The van der Waals surface area contributed by atoms with Gasteiger partial charge in [0.2, 0.25) is 0 Å². The van der Waals surface area contributed by atoms with Crippen molar-refractivity contribution in [3.8, 4) is 0 Å². The van der Waals surface area contributed by atoms with Crippen molar-refractivity contribution in [2.24, 2.45) is 23.2 Å². The van der Waals surface area contributed by atoms with E-state index in [0.717, 1.165) is 30.1 Å². The third-order valence-corrected chi connectivity index (χ3v) is 5.79. The molecule has 19 heavy (non-hydrogen) atoms. The second-order valence-electron chi connectivity index (χ2n) is 7.31. The van der Waals surface area contributed by atoms with Crippen LogP contribution in [0.4, 0.5) is 5.82 Å². The van der Waals surface area contributed by atoms with E-state index in [4.69, 9.17) is 0 Å². The van der Waals surface area contributed by atoms with Crippen molar-refractivity contribution in [2.75, 3.05) is 11.9 Å². The molecule has 4 saturated carbocycles. The molecule has 4 aliphatic rings. The van der Waals surface area contributed by atoms with Crippen LogP contribution in [-0.4, -0.2) is 11.5 Å². The normalized spacial score (nSPS) is 39.5. The molecule has 5 rings (SSSR count). The Labute approximate surface area is 116 Å². The van der Waals surface area contributed by atoms with Gasteiger partial charge in [-0.1, -0.05) is 6.07 Å². The van der Waals surface area contributed by atoms with Gasteiger partial charge in [-0.3, -0.25) is 0 Å². The molecule has 2 nitrogen and oxygen atoms in total. The summed E-state index contributed by atoms with van der Waals surface area (Å²) in [6, 6.07) is 6.10. The van der Waals surface area contributed by atoms with E-state index in [1.54, 1.807) is 19.3 Å². The summed E-state index contributed by atoms with van der Waals surface area (Å²) in [4.78, 5) is 4.35. The smallest absolute Gasteiger partial charge is 0.125 e. The molecule has 4 bridgehead atoms. The molecule has 0 spiro atoms. The Morgan fingerprint density at radius 2 is 1.74 bits per heavy atom. The minimum absolute atomic E-state index is 0.691. The summed E-state index contributed by atoms with van der Waals surface area (Å²) in [6.45, 7) is 1.10. The van der Waals surface area contributed by atoms with E-state index in [1.807, 2.05) is 12.3 Å². The lowest BCUT2D eigenvalue weighted by molar-refractivity contribution is -0.0552. The van der Waals surface area contributed by atoms with Crippen LogP contribution in [0.15, 0.2) is 24.4 Å². The molecule has 1 aromatic heterocycles. The molecule has 0 aromatic carbocycles. The number of hydrogen-bond acceptors (Lipinski definition) is 2. The third-order valence-electron chi connectivity index (χ3n) is 5.79. The molecular weight excluding hydrogens is 232 g/mol. The molecule has 102 valence electrons. The minimum atomic E-state index is 0.691. The number of aromatic nitrogens is 1. The standard InChI is InChI=1S/C17H24N2/c1-2-5-18-16(3-1)19-6-4-17-10-13-7-14(11-17)9-15(8-13)12-17/h1-3,5,13-15H,4,6-12H2,(H,18,19). The van der Waals surface area contributed by atoms with Crippen LogP contribution >= 0.6 is 0 Å². The topological polar surface area (TPSA) is 24.9 Å². The molecule has 4 fully saturated rings. The Balaban J connectivity index is 1.38. The van der Waals surface area contributed by atoms with Gasteiger partial charge in [0.05, 0.1) is 0 Å². The number of rotatable bonds is 4. The fraction of sp³-hybridized carbons (Fsp3) is 0.706. The van der Waals surface area contributed by atoms with Gasteiger partial charge in [0, 0.05) is 12.7 Å². The second-order valence-corrected chi connectivity index (χ2v) is 7.31. The van der Waals surface area contributed by atoms with Gasteiger partial charge < -0.3 is 5.32 Å². The van der Waals surface area contributed by atoms with Crippen LogP contribution < -0.4 is 5.32 Å². The molecule has 1 heterocycles. The summed E-state index contributed by atoms with van der Waals surface area (Å²) >= 11 is 0. The van der Waals surface area contributed by atoms with Crippen LogP contribution in [0.5, 0.6) is 0 Å². The fourth-order valence-corrected chi connectivity index (χ4v) is 5.52. The third kappa shape index (κ3) is 2.26. The summed E-state index contributed by atoms with van der Waals surface area (Å²) in [5.41, 5.74) is 0.691. The maximum absolute atomic E-state index is 4.35. The van der Waals surface area contributed by atoms with Gasteiger partial charge in [-0.05, 0) is 80.2 Å². The van der Waals surface area contributed by atoms with Crippen LogP contribution in [0.25, 0.3) is 0 Å². The quantitative estimate of drug-likeness (QED) is 0.877. The zero-order valence-corrected chi connectivity index (χ0v) is 11.6. The molecular formula is C17H24N2. The van der Waals surface area contributed by atoms with E-state index in [0.29, 0.717) is 5.41 Å². The summed E-state index contributed by atoms with van der Waals surface area (Å²) in [6.07, 6.45) is 12.4. The zero-order valence-electron chi connectivity index (χ0n) is 11.6. The molecule has 1 aromatic rings. The first-order valence-electron chi connectivity index (χ1n) is 7.96. The highest BCUT2D eigenvalue weighted by molar-refractivity contribution is 5.32. The van der Waals surface area contributed by atoms with Crippen molar-refractivity contribution in [2.45, 2.75) is 44.9 Å². The first-order chi connectivity index (χ1) is 9.31. The summed E-state index contributed by atoms with van der Waals surface area (Å²) in [5, 5.41) is 3.51. The molecule has 0 unspecified atom stereocenters. The summed E-state index contributed by atoms with van der Waals surface area (Å²) in [7, 11) is 0. The predicted octanol–water partition coefficient (Wildman–Crippen LogP) is 4.10. The molecule has 0 aliphatic heterocycles. The van der Waals surface area contributed by atoms with Crippen molar-refractivity contribution in [1.82, 2.24) is 4.98 Å². The number of anilines is 1. The molecule has 0 saturated heterocycles. The van der Waals surface area contributed by atoms with E-state index < -0.39 is 0 Å². The van der Waals surface area contributed by atoms with Crippen LogP contribution in [0.3, 0.4) is 0 Å². The molecule has 2 heteroatoms. The lowest BCUT2D eigenvalue weighted by Crippen LogP contribution is -2.46. The average Bonchev–Trinajstić information content (AvgIpc) is 2.38. The molecule has 0 atom stereocenters. The highest BCUT2D eigenvalue weighted by Crippen LogP contribution is 2.61. The Hall–Kier alpha value is -1.05. The van der Waals surface area contributed by atoms with Gasteiger partial charge in [0.25, 0.3) is 0 Å². The summed E-state index contributed by atoms with van der Waals surface area (Å²) in [5.74, 6) is 4.25.